The molecule has 0 spiro atoms. The zero-order chi connectivity index (χ0) is 17.6. The topological polar surface area (TPSA) is 32.3 Å². The second kappa shape index (κ2) is 8.50. The lowest BCUT2D eigenvalue weighted by Gasteiger charge is -2.28. The third-order valence-electron chi connectivity index (χ3n) is 4.81. The first-order chi connectivity index (χ1) is 12.1. The smallest absolute Gasteiger partial charge is 0.224 e. The van der Waals surface area contributed by atoms with E-state index in [9.17, 15) is 4.79 Å². The van der Waals surface area contributed by atoms with Crippen LogP contribution < -0.4 is 5.32 Å². The molecule has 1 N–H and O–H groups in total. The van der Waals surface area contributed by atoms with E-state index in [0.29, 0.717) is 18.0 Å². The summed E-state index contributed by atoms with van der Waals surface area (Å²) in [5.41, 5.74) is 3.52. The van der Waals surface area contributed by atoms with Gasteiger partial charge in [0, 0.05) is 11.6 Å². The van der Waals surface area contributed by atoms with Crippen LogP contribution in [0.4, 0.5) is 0 Å². The van der Waals surface area contributed by atoms with Gasteiger partial charge in [-0.1, -0.05) is 53.6 Å². The summed E-state index contributed by atoms with van der Waals surface area (Å²) in [6, 6.07) is 16.4. The van der Waals surface area contributed by atoms with Crippen LogP contribution in [0, 0.1) is 6.92 Å². The van der Waals surface area contributed by atoms with Crippen molar-refractivity contribution in [3.63, 3.8) is 0 Å². The molecular formula is C21H25ClN2O. The molecule has 0 aliphatic carbocycles. The van der Waals surface area contributed by atoms with E-state index in [4.69, 9.17) is 11.6 Å². The number of likely N-dealkylation sites (tertiary alicyclic amines) is 1. The van der Waals surface area contributed by atoms with Crippen LogP contribution in [-0.4, -0.2) is 30.4 Å². The summed E-state index contributed by atoms with van der Waals surface area (Å²) in [6.07, 6.45) is 2.86. The van der Waals surface area contributed by atoms with Crippen molar-refractivity contribution in [1.29, 1.82) is 0 Å². The molecule has 25 heavy (non-hydrogen) atoms. The monoisotopic (exact) mass is 356 g/mol. The molecule has 0 saturated carbocycles. The maximum atomic E-state index is 12.3. The Labute approximate surface area is 155 Å². The standard InChI is InChI=1S/C21H25ClN2O/c1-16-4-8-18(9-5-16)20(24-12-2-3-13-24)15-23-21(25)14-17-6-10-19(22)11-7-17/h4-11,20H,2-3,12-15H2,1H3,(H,23,25)/t20-/m0/s1. The molecule has 2 aromatic rings. The molecule has 1 aliphatic rings. The number of benzene rings is 2. The second-order valence-electron chi connectivity index (χ2n) is 6.78. The second-order valence-corrected chi connectivity index (χ2v) is 7.21. The number of rotatable bonds is 6. The molecule has 132 valence electrons. The highest BCUT2D eigenvalue weighted by atomic mass is 35.5. The van der Waals surface area contributed by atoms with Crippen molar-refractivity contribution in [3.05, 3.63) is 70.2 Å². The lowest BCUT2D eigenvalue weighted by atomic mass is 10.0. The fourth-order valence-corrected chi connectivity index (χ4v) is 3.49. The quantitative estimate of drug-likeness (QED) is 0.843. The van der Waals surface area contributed by atoms with E-state index in [1.54, 1.807) is 0 Å². The lowest BCUT2D eigenvalue weighted by molar-refractivity contribution is -0.120. The molecule has 1 aliphatic heterocycles. The van der Waals surface area contributed by atoms with Crippen LogP contribution >= 0.6 is 11.6 Å². The molecule has 1 amide bonds. The van der Waals surface area contributed by atoms with Crippen LogP contribution in [0.15, 0.2) is 48.5 Å². The van der Waals surface area contributed by atoms with Gasteiger partial charge in [0.05, 0.1) is 12.5 Å². The van der Waals surface area contributed by atoms with Crippen molar-refractivity contribution in [3.8, 4) is 0 Å². The van der Waals surface area contributed by atoms with Gasteiger partial charge in [-0.25, -0.2) is 0 Å². The fraction of sp³-hybridized carbons (Fsp3) is 0.381. The number of carbonyl (C=O) groups is 1. The van der Waals surface area contributed by atoms with Gasteiger partial charge in [-0.15, -0.1) is 0 Å². The largest absolute Gasteiger partial charge is 0.354 e. The van der Waals surface area contributed by atoms with Crippen molar-refractivity contribution in [1.82, 2.24) is 10.2 Å². The number of halogens is 1. The van der Waals surface area contributed by atoms with E-state index in [2.05, 4.69) is 41.4 Å². The van der Waals surface area contributed by atoms with Crippen LogP contribution in [0.1, 0.15) is 35.6 Å². The van der Waals surface area contributed by atoms with Gasteiger partial charge in [0.2, 0.25) is 5.91 Å². The van der Waals surface area contributed by atoms with Crippen LogP contribution in [0.5, 0.6) is 0 Å². The Bertz CT molecular complexity index is 691. The Hall–Kier alpha value is -1.84. The van der Waals surface area contributed by atoms with Crippen LogP contribution in [0.2, 0.25) is 5.02 Å². The number of aryl methyl sites for hydroxylation is 1. The summed E-state index contributed by atoms with van der Waals surface area (Å²) in [5, 5.41) is 3.81. The molecule has 1 heterocycles. The molecule has 1 atom stereocenters. The van der Waals surface area contributed by atoms with Gasteiger partial charge in [0.25, 0.3) is 0 Å². The van der Waals surface area contributed by atoms with E-state index in [1.165, 1.54) is 24.0 Å². The van der Waals surface area contributed by atoms with Gasteiger partial charge in [0.1, 0.15) is 0 Å². The predicted molar refractivity (Wildman–Crippen MR) is 103 cm³/mol. The Balaban J connectivity index is 1.62. The van der Waals surface area contributed by atoms with Gasteiger partial charge < -0.3 is 5.32 Å². The lowest BCUT2D eigenvalue weighted by Crippen LogP contribution is -2.37. The molecule has 0 unspecified atom stereocenters. The summed E-state index contributed by atoms with van der Waals surface area (Å²) in [6.45, 7) is 4.95. The molecular weight excluding hydrogens is 332 g/mol. The first-order valence-corrected chi connectivity index (χ1v) is 9.31. The Morgan fingerprint density at radius 2 is 1.72 bits per heavy atom. The SMILES string of the molecule is Cc1ccc([C@H](CNC(=O)Cc2ccc(Cl)cc2)N2CCCC2)cc1. The van der Waals surface area contributed by atoms with Crippen molar-refractivity contribution >= 4 is 17.5 Å². The maximum absolute atomic E-state index is 12.3. The summed E-state index contributed by atoms with van der Waals surface area (Å²) in [7, 11) is 0. The molecule has 2 aromatic carbocycles. The molecule has 0 radical (unpaired) electrons. The Kier molecular flexibility index (Phi) is 6.11. The summed E-state index contributed by atoms with van der Waals surface area (Å²) in [4.78, 5) is 14.8. The van der Waals surface area contributed by atoms with Crippen LogP contribution in [0.25, 0.3) is 0 Å². The minimum Gasteiger partial charge on any atom is -0.354 e. The van der Waals surface area contributed by atoms with E-state index in [1.807, 2.05) is 24.3 Å². The molecule has 3 rings (SSSR count). The predicted octanol–water partition coefficient (Wildman–Crippen LogP) is 4.14. The molecule has 1 fully saturated rings. The third kappa shape index (κ3) is 5.07. The van der Waals surface area contributed by atoms with Gasteiger partial charge in [0.15, 0.2) is 0 Å². The highest BCUT2D eigenvalue weighted by Gasteiger charge is 2.23. The van der Waals surface area contributed by atoms with E-state index in [-0.39, 0.29) is 11.9 Å². The molecule has 0 aromatic heterocycles. The number of nitrogens with one attached hydrogen (secondary N) is 1. The minimum absolute atomic E-state index is 0.0543. The molecule has 1 saturated heterocycles. The van der Waals surface area contributed by atoms with E-state index >= 15 is 0 Å². The highest BCUT2D eigenvalue weighted by Crippen LogP contribution is 2.25. The number of nitrogens with zero attached hydrogens (tertiary/aromatic N) is 1. The zero-order valence-electron chi connectivity index (χ0n) is 14.7. The van der Waals surface area contributed by atoms with Gasteiger partial charge in [-0.3, -0.25) is 9.69 Å². The minimum atomic E-state index is 0.0543. The van der Waals surface area contributed by atoms with Crippen LogP contribution in [0.3, 0.4) is 0 Å². The summed E-state index contributed by atoms with van der Waals surface area (Å²) < 4.78 is 0. The number of hydrogen-bond acceptors (Lipinski definition) is 2. The zero-order valence-corrected chi connectivity index (χ0v) is 15.4. The van der Waals surface area contributed by atoms with Gasteiger partial charge >= 0.3 is 0 Å². The maximum Gasteiger partial charge on any atom is 0.224 e. The summed E-state index contributed by atoms with van der Waals surface area (Å²) in [5.74, 6) is 0.0543. The summed E-state index contributed by atoms with van der Waals surface area (Å²) >= 11 is 5.90. The number of amides is 1. The van der Waals surface area contributed by atoms with Gasteiger partial charge in [-0.2, -0.15) is 0 Å². The fourth-order valence-electron chi connectivity index (χ4n) is 3.36. The van der Waals surface area contributed by atoms with Crippen molar-refractivity contribution in [2.75, 3.05) is 19.6 Å². The third-order valence-corrected chi connectivity index (χ3v) is 5.07. The van der Waals surface area contributed by atoms with E-state index in [0.717, 1.165) is 18.7 Å². The highest BCUT2D eigenvalue weighted by molar-refractivity contribution is 6.30. The average molecular weight is 357 g/mol. The average Bonchev–Trinajstić information content (AvgIpc) is 3.13. The normalized spacial score (nSPS) is 15.9. The number of carbonyl (C=O) groups excluding carboxylic acids is 1. The molecule has 3 nitrogen and oxygen atoms in total. The Morgan fingerprint density at radius 1 is 1.08 bits per heavy atom. The first kappa shape index (κ1) is 18.0. The molecule has 4 heteroatoms. The van der Waals surface area contributed by atoms with Crippen LogP contribution in [-0.2, 0) is 11.2 Å². The number of hydrogen-bond donors (Lipinski definition) is 1. The van der Waals surface area contributed by atoms with E-state index < -0.39 is 0 Å². The van der Waals surface area contributed by atoms with Gasteiger partial charge in [-0.05, 0) is 56.1 Å². The first-order valence-electron chi connectivity index (χ1n) is 8.93. The van der Waals surface area contributed by atoms with Crippen molar-refractivity contribution in [2.24, 2.45) is 0 Å². The van der Waals surface area contributed by atoms with Crippen molar-refractivity contribution < 1.29 is 4.79 Å². The molecule has 0 bridgehead atoms. The van der Waals surface area contributed by atoms with Crippen molar-refractivity contribution in [2.45, 2.75) is 32.2 Å². The Morgan fingerprint density at radius 3 is 2.36 bits per heavy atom.